The van der Waals surface area contributed by atoms with Crippen molar-refractivity contribution in [3.8, 4) is 11.5 Å². The number of ether oxygens (including phenoxy) is 2. The van der Waals surface area contributed by atoms with E-state index in [0.29, 0.717) is 0 Å². The molecule has 1 atom stereocenters. The van der Waals surface area contributed by atoms with E-state index in [4.69, 9.17) is 4.99 Å². The fraction of sp³-hybridized carbons (Fsp3) is 0.194. The number of benzene rings is 3. The van der Waals surface area contributed by atoms with Crippen LogP contribution in [-0.4, -0.2) is 23.3 Å². The summed E-state index contributed by atoms with van der Waals surface area (Å²) < 4.78 is 60.9. The van der Waals surface area contributed by atoms with Gasteiger partial charge in [-0.1, -0.05) is 64.1 Å². The lowest BCUT2D eigenvalue weighted by molar-refractivity contribution is -0.0505. The van der Waals surface area contributed by atoms with Gasteiger partial charge in [-0.05, 0) is 89.6 Å². The third kappa shape index (κ3) is 5.94. The van der Waals surface area contributed by atoms with Gasteiger partial charge >= 0.3 is 13.2 Å². The van der Waals surface area contributed by atoms with Crippen molar-refractivity contribution in [1.82, 2.24) is 4.90 Å². The number of alkyl halides is 4. The van der Waals surface area contributed by atoms with Gasteiger partial charge in [-0.15, -0.1) is 0 Å². The first-order chi connectivity index (χ1) is 19.9. The SMILES string of the molecule is FC(F)Oc1ccc(/C=C2\CCCC3=C2N=C2SC=C(c4ccc(Br)cc4)N2[C@H]3c2ccc(OC(F)F)cc2)cc1. The van der Waals surface area contributed by atoms with E-state index < -0.39 is 13.2 Å². The minimum absolute atomic E-state index is 0.102. The molecule has 3 aromatic carbocycles. The highest BCUT2D eigenvalue weighted by Gasteiger charge is 2.40. The summed E-state index contributed by atoms with van der Waals surface area (Å²) in [7, 11) is 0. The summed E-state index contributed by atoms with van der Waals surface area (Å²) in [5.74, 6) is 0.207. The monoisotopic (exact) mass is 642 g/mol. The van der Waals surface area contributed by atoms with Crippen molar-refractivity contribution in [3.05, 3.63) is 116 Å². The fourth-order valence-electron chi connectivity index (χ4n) is 5.33. The lowest BCUT2D eigenvalue weighted by Crippen LogP contribution is -2.34. The Morgan fingerprint density at radius 3 is 2.12 bits per heavy atom. The minimum atomic E-state index is -2.90. The van der Waals surface area contributed by atoms with Crippen molar-refractivity contribution in [1.29, 1.82) is 0 Å². The molecule has 41 heavy (non-hydrogen) atoms. The third-order valence-corrected chi connectivity index (χ3v) is 8.41. The molecule has 0 aromatic heterocycles. The molecule has 210 valence electrons. The van der Waals surface area contributed by atoms with Gasteiger partial charge in [0.2, 0.25) is 0 Å². The Labute approximate surface area is 247 Å². The maximum atomic E-state index is 12.8. The van der Waals surface area contributed by atoms with Crippen LogP contribution in [0, 0.1) is 0 Å². The summed E-state index contributed by atoms with van der Waals surface area (Å²) in [6.07, 6.45) is 4.58. The summed E-state index contributed by atoms with van der Waals surface area (Å²) in [4.78, 5) is 7.35. The molecule has 0 saturated heterocycles. The predicted molar refractivity (Wildman–Crippen MR) is 157 cm³/mol. The van der Waals surface area contributed by atoms with Crippen LogP contribution in [0.25, 0.3) is 11.8 Å². The minimum Gasteiger partial charge on any atom is -0.435 e. The van der Waals surface area contributed by atoms with E-state index in [1.54, 1.807) is 36.0 Å². The maximum absolute atomic E-state index is 12.8. The first-order valence-electron chi connectivity index (χ1n) is 12.9. The molecule has 4 nitrogen and oxygen atoms in total. The van der Waals surface area contributed by atoms with Crippen LogP contribution >= 0.6 is 27.7 Å². The Balaban J connectivity index is 1.41. The van der Waals surface area contributed by atoms with Gasteiger partial charge in [0.15, 0.2) is 5.17 Å². The molecule has 2 aliphatic heterocycles. The van der Waals surface area contributed by atoms with E-state index in [0.717, 1.165) is 68.1 Å². The molecule has 3 aromatic rings. The molecular weight excluding hydrogens is 620 g/mol. The number of hydrogen-bond acceptors (Lipinski definition) is 5. The maximum Gasteiger partial charge on any atom is 0.387 e. The van der Waals surface area contributed by atoms with Crippen LogP contribution < -0.4 is 9.47 Å². The third-order valence-electron chi connectivity index (χ3n) is 7.05. The topological polar surface area (TPSA) is 34.1 Å². The number of fused-ring (bicyclic) bond motifs is 1. The summed E-state index contributed by atoms with van der Waals surface area (Å²) in [5, 5.41) is 2.92. The molecule has 0 saturated carbocycles. The van der Waals surface area contributed by atoms with E-state index >= 15 is 0 Å². The molecule has 0 N–H and O–H groups in total. The van der Waals surface area contributed by atoms with E-state index in [1.807, 2.05) is 42.5 Å². The highest BCUT2D eigenvalue weighted by Crippen LogP contribution is 2.51. The first kappa shape index (κ1) is 27.7. The first-order valence-corrected chi connectivity index (χ1v) is 14.6. The quantitative estimate of drug-likeness (QED) is 0.240. The molecule has 0 spiro atoms. The molecule has 0 unspecified atom stereocenters. The van der Waals surface area contributed by atoms with Crippen molar-refractivity contribution in [2.45, 2.75) is 38.5 Å². The van der Waals surface area contributed by atoms with E-state index in [2.05, 4.69) is 35.7 Å². The van der Waals surface area contributed by atoms with Gasteiger partial charge in [-0.2, -0.15) is 17.6 Å². The number of hydrogen-bond donors (Lipinski definition) is 0. The molecule has 0 fully saturated rings. The average Bonchev–Trinajstić information content (AvgIpc) is 3.37. The zero-order valence-electron chi connectivity index (χ0n) is 21.4. The number of nitrogens with zero attached hydrogens (tertiary/aromatic N) is 2. The van der Waals surface area contributed by atoms with Crippen LogP contribution in [0.15, 0.2) is 105 Å². The number of rotatable bonds is 7. The van der Waals surface area contributed by atoms with Crippen molar-refractivity contribution in [2.24, 2.45) is 4.99 Å². The van der Waals surface area contributed by atoms with Gasteiger partial charge < -0.3 is 14.4 Å². The van der Waals surface area contributed by atoms with Crippen molar-refractivity contribution in [3.63, 3.8) is 0 Å². The second-order valence-corrected chi connectivity index (χ2v) is 11.3. The predicted octanol–water partition coefficient (Wildman–Crippen LogP) is 9.63. The summed E-state index contributed by atoms with van der Waals surface area (Å²) in [6, 6.07) is 21.2. The Morgan fingerprint density at radius 1 is 0.854 bits per heavy atom. The van der Waals surface area contributed by atoms with Crippen LogP contribution in [0.2, 0.25) is 0 Å². The molecule has 0 radical (unpaired) electrons. The largest absolute Gasteiger partial charge is 0.435 e. The summed E-state index contributed by atoms with van der Waals surface area (Å²) >= 11 is 5.05. The normalized spacial score (nSPS) is 19.3. The molecule has 6 rings (SSSR count). The molecule has 2 heterocycles. The number of halogens is 5. The van der Waals surface area contributed by atoms with Crippen molar-refractivity contribution in [2.75, 3.05) is 0 Å². The van der Waals surface area contributed by atoms with Gasteiger partial charge in [0.1, 0.15) is 11.5 Å². The Kier molecular flexibility index (Phi) is 7.94. The van der Waals surface area contributed by atoms with Gasteiger partial charge in [-0.3, -0.25) is 0 Å². The zero-order chi connectivity index (χ0) is 28.5. The summed E-state index contributed by atoms with van der Waals surface area (Å²) in [5.41, 5.74) is 6.94. The second kappa shape index (κ2) is 11.8. The molecule has 0 amide bonds. The number of thioether (sulfide) groups is 1. The lowest BCUT2D eigenvalue weighted by atomic mass is 9.82. The standard InChI is InChI=1S/C31H23BrF4N2O2S/c32-22-10-6-19(7-11-22)26-17-41-31-37-27-21(16-18-4-12-23(13-5-18)39-29(33)34)2-1-3-25(27)28(38(26)31)20-8-14-24(15-9-20)40-30(35)36/h4-17,28-30H,1-3H2/b21-16+/t28-/m0/s1. The van der Waals surface area contributed by atoms with Crippen LogP contribution in [0.5, 0.6) is 11.5 Å². The van der Waals surface area contributed by atoms with Crippen molar-refractivity contribution < 1.29 is 27.0 Å². The van der Waals surface area contributed by atoms with Gasteiger partial charge in [0, 0.05) is 9.88 Å². The summed E-state index contributed by atoms with van der Waals surface area (Å²) in [6.45, 7) is -5.77. The number of allylic oxidation sites excluding steroid dienone is 1. The Bertz CT molecular complexity index is 1550. The van der Waals surface area contributed by atoms with Crippen LogP contribution in [0.3, 0.4) is 0 Å². The zero-order valence-corrected chi connectivity index (χ0v) is 23.8. The lowest BCUT2D eigenvalue weighted by Gasteiger charge is -2.40. The Morgan fingerprint density at radius 2 is 1.49 bits per heavy atom. The average molecular weight is 644 g/mol. The highest BCUT2D eigenvalue weighted by molar-refractivity contribution is 9.10. The van der Waals surface area contributed by atoms with Crippen LogP contribution in [-0.2, 0) is 0 Å². The Hall–Kier alpha value is -3.50. The van der Waals surface area contributed by atoms with Crippen LogP contribution in [0.4, 0.5) is 17.6 Å². The highest BCUT2D eigenvalue weighted by atomic mass is 79.9. The second-order valence-electron chi connectivity index (χ2n) is 9.59. The molecule has 10 heteroatoms. The van der Waals surface area contributed by atoms with Gasteiger partial charge in [0.05, 0.1) is 17.4 Å². The molecular formula is C31H23BrF4N2O2S. The van der Waals surface area contributed by atoms with Crippen LogP contribution in [0.1, 0.15) is 42.0 Å². The fourth-order valence-corrected chi connectivity index (χ4v) is 6.52. The smallest absolute Gasteiger partial charge is 0.387 e. The number of amidine groups is 1. The van der Waals surface area contributed by atoms with Gasteiger partial charge in [-0.25, -0.2) is 4.99 Å². The van der Waals surface area contributed by atoms with Gasteiger partial charge in [0.25, 0.3) is 0 Å². The van der Waals surface area contributed by atoms with Crippen molar-refractivity contribution >= 4 is 44.6 Å². The van der Waals surface area contributed by atoms with E-state index in [-0.39, 0.29) is 17.5 Å². The molecule has 3 aliphatic rings. The van der Waals surface area contributed by atoms with E-state index in [9.17, 15) is 17.6 Å². The molecule has 1 aliphatic carbocycles. The molecule has 0 bridgehead atoms. The van der Waals surface area contributed by atoms with E-state index in [1.165, 1.54) is 12.1 Å². The number of aliphatic imine (C=N–C) groups is 1.